The highest BCUT2D eigenvalue weighted by molar-refractivity contribution is 6.40. The number of pyridine rings is 1. The van der Waals surface area contributed by atoms with Gasteiger partial charge in [0.1, 0.15) is 5.82 Å². The van der Waals surface area contributed by atoms with Gasteiger partial charge in [0.15, 0.2) is 0 Å². The standard InChI is InChI=1S/C20H22Cl2N4O2/c1-11-6-14(11)19(27)25-17-9-13(4-5-23-17)24-20(28)18-15(21)7-12(8-16(18)22)10-26(2)3/h4-5,7-9,11,14H,6,10H2,1-3H3,(H2,23,24,25,27,28)/t11-,14-/m0/s1. The van der Waals surface area contributed by atoms with Crippen molar-refractivity contribution in [3.63, 3.8) is 0 Å². The predicted octanol–water partition coefficient (Wildman–Crippen LogP) is 4.30. The monoisotopic (exact) mass is 420 g/mol. The fraction of sp³-hybridized carbons (Fsp3) is 0.350. The van der Waals surface area contributed by atoms with E-state index >= 15 is 0 Å². The van der Waals surface area contributed by atoms with Crippen LogP contribution in [0.25, 0.3) is 0 Å². The maximum atomic E-state index is 12.7. The molecule has 3 rings (SSSR count). The number of halogens is 2. The molecule has 148 valence electrons. The summed E-state index contributed by atoms with van der Waals surface area (Å²) < 4.78 is 0. The second-order valence-corrected chi connectivity index (χ2v) is 8.18. The fourth-order valence-electron chi connectivity index (χ4n) is 2.98. The van der Waals surface area contributed by atoms with E-state index in [0.717, 1.165) is 12.0 Å². The summed E-state index contributed by atoms with van der Waals surface area (Å²) in [7, 11) is 3.87. The molecule has 28 heavy (non-hydrogen) atoms. The molecule has 1 heterocycles. The van der Waals surface area contributed by atoms with Crippen LogP contribution in [0.1, 0.15) is 29.3 Å². The Hall–Kier alpha value is -2.15. The molecule has 0 saturated heterocycles. The number of amides is 2. The molecule has 0 aliphatic heterocycles. The predicted molar refractivity (Wildman–Crippen MR) is 112 cm³/mol. The molecule has 2 atom stereocenters. The van der Waals surface area contributed by atoms with Gasteiger partial charge in [-0.25, -0.2) is 4.98 Å². The van der Waals surface area contributed by atoms with Crippen molar-refractivity contribution in [1.29, 1.82) is 0 Å². The number of benzene rings is 1. The van der Waals surface area contributed by atoms with Gasteiger partial charge >= 0.3 is 0 Å². The van der Waals surface area contributed by atoms with Crippen molar-refractivity contribution >= 4 is 46.5 Å². The van der Waals surface area contributed by atoms with Gasteiger partial charge in [0.2, 0.25) is 5.91 Å². The molecule has 8 heteroatoms. The van der Waals surface area contributed by atoms with Crippen LogP contribution in [-0.2, 0) is 11.3 Å². The average molecular weight is 421 g/mol. The quantitative estimate of drug-likeness (QED) is 0.730. The molecule has 6 nitrogen and oxygen atoms in total. The zero-order chi connectivity index (χ0) is 20.4. The van der Waals surface area contributed by atoms with Gasteiger partial charge in [-0.05, 0) is 50.2 Å². The minimum Gasteiger partial charge on any atom is -0.322 e. The lowest BCUT2D eigenvalue weighted by molar-refractivity contribution is -0.117. The van der Waals surface area contributed by atoms with Crippen molar-refractivity contribution in [2.24, 2.45) is 11.8 Å². The van der Waals surface area contributed by atoms with E-state index in [1.807, 2.05) is 25.9 Å². The van der Waals surface area contributed by atoms with E-state index in [-0.39, 0.29) is 27.4 Å². The maximum absolute atomic E-state index is 12.7. The van der Waals surface area contributed by atoms with Crippen molar-refractivity contribution in [2.75, 3.05) is 24.7 Å². The normalized spacial score (nSPS) is 18.1. The molecule has 0 radical (unpaired) electrons. The molecule has 2 amide bonds. The SMILES string of the molecule is C[C@H]1C[C@@H]1C(=O)Nc1cc(NC(=O)c2c(Cl)cc(CN(C)C)cc2Cl)ccn1. The van der Waals surface area contributed by atoms with E-state index in [1.165, 1.54) is 6.20 Å². The number of nitrogens with one attached hydrogen (secondary N) is 2. The Labute approximate surface area is 174 Å². The molecule has 1 aromatic carbocycles. The fourth-order valence-corrected chi connectivity index (χ4v) is 3.68. The number of anilines is 2. The van der Waals surface area contributed by atoms with E-state index in [9.17, 15) is 9.59 Å². The van der Waals surface area contributed by atoms with Gasteiger partial charge in [-0.3, -0.25) is 9.59 Å². The lowest BCUT2D eigenvalue weighted by Gasteiger charge is -2.14. The second-order valence-electron chi connectivity index (χ2n) is 7.36. The van der Waals surface area contributed by atoms with Gasteiger partial charge in [-0.1, -0.05) is 30.1 Å². The zero-order valence-electron chi connectivity index (χ0n) is 15.9. The summed E-state index contributed by atoms with van der Waals surface area (Å²) in [6.45, 7) is 2.69. The van der Waals surface area contributed by atoms with Gasteiger partial charge in [0.05, 0.1) is 15.6 Å². The average Bonchev–Trinajstić information content (AvgIpc) is 3.31. The smallest absolute Gasteiger partial charge is 0.258 e. The van der Waals surface area contributed by atoms with Crippen LogP contribution in [0, 0.1) is 11.8 Å². The van der Waals surface area contributed by atoms with Crippen molar-refractivity contribution in [1.82, 2.24) is 9.88 Å². The molecule has 1 fully saturated rings. The van der Waals surface area contributed by atoms with Gasteiger partial charge in [0, 0.05) is 30.4 Å². The van der Waals surface area contributed by atoms with E-state index in [2.05, 4.69) is 15.6 Å². The van der Waals surface area contributed by atoms with Crippen LogP contribution in [0.4, 0.5) is 11.5 Å². The number of carbonyl (C=O) groups is 2. The number of aromatic nitrogens is 1. The third kappa shape index (κ3) is 5.01. The topological polar surface area (TPSA) is 74.3 Å². The summed E-state index contributed by atoms with van der Waals surface area (Å²) in [6.07, 6.45) is 2.41. The third-order valence-electron chi connectivity index (χ3n) is 4.54. The molecular formula is C20H22Cl2N4O2. The molecule has 1 aliphatic carbocycles. The van der Waals surface area contributed by atoms with E-state index in [4.69, 9.17) is 23.2 Å². The largest absolute Gasteiger partial charge is 0.322 e. The number of hydrogen-bond acceptors (Lipinski definition) is 4. The van der Waals surface area contributed by atoms with E-state index in [0.29, 0.717) is 24.0 Å². The molecule has 1 aromatic heterocycles. The molecule has 2 N–H and O–H groups in total. The Morgan fingerprint density at radius 3 is 2.39 bits per heavy atom. The maximum Gasteiger partial charge on any atom is 0.258 e. The highest BCUT2D eigenvalue weighted by atomic mass is 35.5. The number of carbonyl (C=O) groups excluding carboxylic acids is 2. The van der Waals surface area contributed by atoms with Gasteiger partial charge < -0.3 is 15.5 Å². The van der Waals surface area contributed by atoms with Gasteiger partial charge in [0.25, 0.3) is 5.91 Å². The third-order valence-corrected chi connectivity index (χ3v) is 5.14. The minimum absolute atomic E-state index is 0.0401. The van der Waals surface area contributed by atoms with Crippen molar-refractivity contribution < 1.29 is 9.59 Å². The molecule has 2 aromatic rings. The van der Waals surface area contributed by atoms with Crippen molar-refractivity contribution in [2.45, 2.75) is 19.9 Å². The number of hydrogen-bond donors (Lipinski definition) is 2. The molecular weight excluding hydrogens is 399 g/mol. The second kappa shape index (κ2) is 8.47. The van der Waals surface area contributed by atoms with Gasteiger partial charge in [-0.15, -0.1) is 0 Å². The summed E-state index contributed by atoms with van der Waals surface area (Å²) in [5.74, 6) is 0.359. The number of rotatable bonds is 6. The summed E-state index contributed by atoms with van der Waals surface area (Å²) in [5, 5.41) is 6.10. The Bertz CT molecular complexity index is 894. The Morgan fingerprint density at radius 2 is 1.82 bits per heavy atom. The Morgan fingerprint density at radius 1 is 1.18 bits per heavy atom. The first kappa shape index (κ1) is 20.6. The first-order valence-corrected chi connectivity index (χ1v) is 9.71. The van der Waals surface area contributed by atoms with Crippen LogP contribution in [0.15, 0.2) is 30.5 Å². The summed E-state index contributed by atoms with van der Waals surface area (Å²) in [5.41, 5.74) is 1.61. The van der Waals surface area contributed by atoms with E-state index < -0.39 is 5.91 Å². The Balaban J connectivity index is 1.72. The molecule has 0 bridgehead atoms. The zero-order valence-corrected chi connectivity index (χ0v) is 17.4. The first-order chi connectivity index (χ1) is 13.2. The Kier molecular flexibility index (Phi) is 6.23. The number of nitrogens with zero attached hydrogens (tertiary/aromatic N) is 2. The molecule has 1 aliphatic rings. The molecule has 1 saturated carbocycles. The van der Waals surface area contributed by atoms with Crippen LogP contribution < -0.4 is 10.6 Å². The van der Waals surface area contributed by atoms with Crippen LogP contribution in [-0.4, -0.2) is 35.8 Å². The highest BCUT2D eigenvalue weighted by Crippen LogP contribution is 2.38. The van der Waals surface area contributed by atoms with E-state index in [1.54, 1.807) is 24.3 Å². The van der Waals surface area contributed by atoms with Crippen LogP contribution in [0.2, 0.25) is 10.0 Å². The lowest BCUT2D eigenvalue weighted by atomic mass is 10.1. The van der Waals surface area contributed by atoms with Crippen LogP contribution in [0.5, 0.6) is 0 Å². The lowest BCUT2D eigenvalue weighted by Crippen LogP contribution is -2.17. The summed E-state index contributed by atoms with van der Waals surface area (Å²) >= 11 is 12.6. The minimum atomic E-state index is -0.425. The van der Waals surface area contributed by atoms with Crippen molar-refractivity contribution in [3.05, 3.63) is 51.6 Å². The highest BCUT2D eigenvalue weighted by Gasteiger charge is 2.39. The molecule has 0 spiro atoms. The van der Waals surface area contributed by atoms with Crippen LogP contribution >= 0.6 is 23.2 Å². The first-order valence-electron chi connectivity index (χ1n) is 8.95. The van der Waals surface area contributed by atoms with Gasteiger partial charge in [-0.2, -0.15) is 0 Å². The van der Waals surface area contributed by atoms with Crippen molar-refractivity contribution in [3.8, 4) is 0 Å². The molecule has 0 unspecified atom stereocenters. The summed E-state index contributed by atoms with van der Waals surface area (Å²) in [4.78, 5) is 30.9. The summed E-state index contributed by atoms with van der Waals surface area (Å²) in [6, 6.07) is 6.70. The van der Waals surface area contributed by atoms with Crippen LogP contribution in [0.3, 0.4) is 0 Å².